The largest absolute Gasteiger partial charge is 0.481 e. The van der Waals surface area contributed by atoms with Crippen molar-refractivity contribution in [3.8, 4) is 0 Å². The summed E-state index contributed by atoms with van der Waals surface area (Å²) >= 11 is 1.60. The summed E-state index contributed by atoms with van der Waals surface area (Å²) in [6.45, 7) is 4.55. The summed E-state index contributed by atoms with van der Waals surface area (Å²) in [5.74, 6) is -1.38. The Kier molecular flexibility index (Phi) is 6.35. The summed E-state index contributed by atoms with van der Waals surface area (Å²) in [5, 5.41) is 18.3. The minimum Gasteiger partial charge on any atom is -0.481 e. The van der Waals surface area contributed by atoms with Crippen molar-refractivity contribution in [2.24, 2.45) is 5.92 Å². The number of rotatable bonds is 7. The SMILES string of the molecule is CCCC(CNC(=O)NCc1cscc1C)C(=O)O. The molecule has 0 spiro atoms. The van der Waals surface area contributed by atoms with Gasteiger partial charge in [-0.05, 0) is 35.2 Å². The van der Waals surface area contributed by atoms with E-state index in [9.17, 15) is 9.59 Å². The highest BCUT2D eigenvalue weighted by Crippen LogP contribution is 2.12. The normalized spacial score (nSPS) is 11.9. The van der Waals surface area contributed by atoms with E-state index in [-0.39, 0.29) is 12.6 Å². The Bertz CT molecular complexity index is 431. The summed E-state index contributed by atoms with van der Waals surface area (Å²) in [5.41, 5.74) is 2.24. The van der Waals surface area contributed by atoms with Gasteiger partial charge in [-0.15, -0.1) is 0 Å². The maximum atomic E-state index is 11.6. The van der Waals surface area contributed by atoms with E-state index in [0.29, 0.717) is 13.0 Å². The average molecular weight is 284 g/mol. The van der Waals surface area contributed by atoms with E-state index in [2.05, 4.69) is 10.6 Å². The van der Waals surface area contributed by atoms with Crippen LogP contribution in [0.3, 0.4) is 0 Å². The number of aliphatic carboxylic acids is 1. The fraction of sp³-hybridized carbons (Fsp3) is 0.538. The number of urea groups is 1. The van der Waals surface area contributed by atoms with Crippen molar-refractivity contribution in [3.05, 3.63) is 21.9 Å². The summed E-state index contributed by atoms with van der Waals surface area (Å²) in [6, 6.07) is -0.326. The van der Waals surface area contributed by atoms with Crippen LogP contribution < -0.4 is 10.6 Å². The Labute approximate surface area is 117 Å². The molecule has 2 amide bonds. The van der Waals surface area contributed by atoms with Crippen molar-refractivity contribution in [2.75, 3.05) is 6.54 Å². The molecular weight excluding hydrogens is 264 g/mol. The number of nitrogens with one attached hydrogen (secondary N) is 2. The molecule has 0 aliphatic rings. The molecule has 0 aromatic carbocycles. The molecular formula is C13H20N2O3S. The summed E-state index contributed by atoms with van der Waals surface area (Å²) in [4.78, 5) is 22.5. The topological polar surface area (TPSA) is 78.4 Å². The summed E-state index contributed by atoms with van der Waals surface area (Å²) in [6.07, 6.45) is 1.35. The Morgan fingerprint density at radius 2 is 2.11 bits per heavy atom. The zero-order valence-electron chi connectivity index (χ0n) is 11.2. The second-order valence-corrected chi connectivity index (χ2v) is 5.21. The van der Waals surface area contributed by atoms with Gasteiger partial charge in [-0.2, -0.15) is 11.3 Å². The maximum absolute atomic E-state index is 11.6. The third-order valence-corrected chi connectivity index (χ3v) is 3.81. The minimum absolute atomic E-state index is 0.164. The van der Waals surface area contributed by atoms with Crippen LogP contribution in [0.1, 0.15) is 30.9 Å². The molecule has 1 aromatic rings. The van der Waals surface area contributed by atoms with Crippen molar-refractivity contribution in [2.45, 2.75) is 33.2 Å². The number of carbonyl (C=O) groups is 2. The van der Waals surface area contributed by atoms with Crippen LogP contribution in [0, 0.1) is 12.8 Å². The van der Waals surface area contributed by atoms with Crippen molar-refractivity contribution in [1.82, 2.24) is 10.6 Å². The number of amides is 2. The van der Waals surface area contributed by atoms with Crippen molar-refractivity contribution in [1.29, 1.82) is 0 Å². The van der Waals surface area contributed by atoms with E-state index in [1.54, 1.807) is 11.3 Å². The smallest absolute Gasteiger partial charge is 0.315 e. The van der Waals surface area contributed by atoms with Crippen LogP contribution >= 0.6 is 11.3 Å². The van der Waals surface area contributed by atoms with Gasteiger partial charge in [0.05, 0.1) is 5.92 Å². The molecule has 0 saturated heterocycles. The van der Waals surface area contributed by atoms with Crippen LogP contribution in [0.5, 0.6) is 0 Å². The molecule has 0 radical (unpaired) electrons. The number of aryl methyl sites for hydroxylation is 1. The molecule has 0 aliphatic carbocycles. The first-order valence-corrected chi connectivity index (χ1v) is 7.25. The van der Waals surface area contributed by atoms with Crippen LogP contribution in [0.2, 0.25) is 0 Å². The number of thiophene rings is 1. The first kappa shape index (κ1) is 15.5. The Morgan fingerprint density at radius 3 is 2.63 bits per heavy atom. The standard InChI is InChI=1S/C13H20N2O3S/c1-3-4-10(12(16)17)5-14-13(18)15-6-11-8-19-7-9(11)2/h7-8,10H,3-6H2,1-2H3,(H,16,17)(H2,14,15,18). The van der Waals surface area contributed by atoms with E-state index in [1.807, 2.05) is 24.6 Å². The predicted molar refractivity (Wildman–Crippen MR) is 75.3 cm³/mol. The number of carboxylic acid groups (broad SMARTS) is 1. The summed E-state index contributed by atoms with van der Waals surface area (Å²) < 4.78 is 0. The highest BCUT2D eigenvalue weighted by Gasteiger charge is 2.16. The highest BCUT2D eigenvalue weighted by atomic mass is 32.1. The Morgan fingerprint density at radius 1 is 1.37 bits per heavy atom. The monoisotopic (exact) mass is 284 g/mol. The van der Waals surface area contributed by atoms with Gasteiger partial charge >= 0.3 is 12.0 Å². The van der Waals surface area contributed by atoms with Crippen molar-refractivity contribution < 1.29 is 14.7 Å². The first-order valence-electron chi connectivity index (χ1n) is 6.30. The maximum Gasteiger partial charge on any atom is 0.315 e. The minimum atomic E-state index is -0.865. The fourth-order valence-corrected chi connectivity index (χ4v) is 2.54. The van der Waals surface area contributed by atoms with Gasteiger partial charge in [-0.1, -0.05) is 13.3 Å². The van der Waals surface area contributed by atoms with Crippen LogP contribution in [-0.2, 0) is 11.3 Å². The lowest BCUT2D eigenvalue weighted by molar-refractivity contribution is -0.141. The number of hydrogen-bond acceptors (Lipinski definition) is 3. The van der Waals surface area contributed by atoms with E-state index >= 15 is 0 Å². The van der Waals surface area contributed by atoms with Gasteiger partial charge in [0.2, 0.25) is 0 Å². The molecule has 5 nitrogen and oxygen atoms in total. The van der Waals surface area contributed by atoms with E-state index in [0.717, 1.165) is 17.5 Å². The Balaban J connectivity index is 2.31. The zero-order chi connectivity index (χ0) is 14.3. The zero-order valence-corrected chi connectivity index (χ0v) is 12.0. The van der Waals surface area contributed by atoms with Crippen molar-refractivity contribution >= 4 is 23.3 Å². The molecule has 1 heterocycles. The fourth-order valence-electron chi connectivity index (χ4n) is 1.68. The molecule has 1 rings (SSSR count). The first-order chi connectivity index (χ1) is 9.04. The van der Waals surface area contributed by atoms with Crippen LogP contribution in [0.25, 0.3) is 0 Å². The Hall–Kier alpha value is -1.56. The summed E-state index contributed by atoms with van der Waals surface area (Å²) in [7, 11) is 0. The quantitative estimate of drug-likeness (QED) is 0.719. The molecule has 106 valence electrons. The molecule has 1 unspecified atom stereocenters. The van der Waals surface area contributed by atoms with Gasteiger partial charge in [0.15, 0.2) is 0 Å². The second-order valence-electron chi connectivity index (χ2n) is 4.47. The van der Waals surface area contributed by atoms with Crippen LogP contribution in [0.15, 0.2) is 10.8 Å². The molecule has 0 aliphatic heterocycles. The lowest BCUT2D eigenvalue weighted by Gasteiger charge is -2.13. The number of hydrogen-bond donors (Lipinski definition) is 3. The molecule has 0 saturated carbocycles. The molecule has 1 atom stereocenters. The predicted octanol–water partition coefficient (Wildman–Crippen LogP) is 2.36. The van der Waals surface area contributed by atoms with E-state index in [1.165, 1.54) is 0 Å². The third kappa shape index (κ3) is 5.30. The van der Waals surface area contributed by atoms with Gasteiger partial charge in [0, 0.05) is 13.1 Å². The number of carbonyl (C=O) groups excluding carboxylic acids is 1. The van der Waals surface area contributed by atoms with Crippen molar-refractivity contribution in [3.63, 3.8) is 0 Å². The molecule has 1 aromatic heterocycles. The molecule has 3 N–H and O–H groups in total. The van der Waals surface area contributed by atoms with Gasteiger partial charge in [-0.3, -0.25) is 4.79 Å². The van der Waals surface area contributed by atoms with E-state index in [4.69, 9.17) is 5.11 Å². The van der Waals surface area contributed by atoms with Gasteiger partial charge in [0.1, 0.15) is 0 Å². The molecule has 0 fully saturated rings. The van der Waals surface area contributed by atoms with Gasteiger partial charge < -0.3 is 15.7 Å². The third-order valence-electron chi connectivity index (χ3n) is 2.90. The van der Waals surface area contributed by atoms with Crippen LogP contribution in [0.4, 0.5) is 4.79 Å². The van der Waals surface area contributed by atoms with Gasteiger partial charge in [-0.25, -0.2) is 4.79 Å². The molecule has 6 heteroatoms. The average Bonchev–Trinajstić information content (AvgIpc) is 2.77. The van der Waals surface area contributed by atoms with Gasteiger partial charge in [0.25, 0.3) is 0 Å². The lowest BCUT2D eigenvalue weighted by Crippen LogP contribution is -2.39. The van der Waals surface area contributed by atoms with E-state index < -0.39 is 11.9 Å². The number of carboxylic acids is 1. The second kappa shape index (κ2) is 7.78. The molecule has 0 bridgehead atoms. The van der Waals surface area contributed by atoms with Crippen LogP contribution in [-0.4, -0.2) is 23.7 Å². The lowest BCUT2D eigenvalue weighted by atomic mass is 10.0. The molecule has 19 heavy (non-hydrogen) atoms. The highest BCUT2D eigenvalue weighted by molar-refractivity contribution is 7.08.